The zero-order chi connectivity index (χ0) is 18.7. The lowest BCUT2D eigenvalue weighted by molar-refractivity contribution is 0.0662. The van der Waals surface area contributed by atoms with Crippen molar-refractivity contribution < 1.29 is 23.9 Å². The maximum Gasteiger partial charge on any atom is 0.372 e. The summed E-state index contributed by atoms with van der Waals surface area (Å²) in [5, 5.41) is 15.0. The van der Waals surface area contributed by atoms with Gasteiger partial charge in [-0.15, -0.1) is 0 Å². The van der Waals surface area contributed by atoms with Gasteiger partial charge in [-0.05, 0) is 24.3 Å². The summed E-state index contributed by atoms with van der Waals surface area (Å²) in [6.45, 7) is -0.0229. The fourth-order valence-corrected chi connectivity index (χ4v) is 2.60. The first-order valence-electron chi connectivity index (χ1n) is 7.64. The Morgan fingerprint density at radius 3 is 2.58 bits per heavy atom. The predicted molar refractivity (Wildman–Crippen MR) is 94.0 cm³/mol. The van der Waals surface area contributed by atoms with Gasteiger partial charge in [0.05, 0.1) is 0 Å². The maximum atomic E-state index is 12.4. The van der Waals surface area contributed by atoms with Gasteiger partial charge in [-0.2, -0.15) is 0 Å². The topological polar surface area (TPSA) is 135 Å². The Balaban J connectivity index is 1.82. The number of carboxylic acids is 1. The molecule has 0 aliphatic heterocycles. The van der Waals surface area contributed by atoms with E-state index in [1.54, 1.807) is 42.5 Å². The van der Waals surface area contributed by atoms with Crippen molar-refractivity contribution in [2.75, 3.05) is 5.32 Å². The monoisotopic (exact) mass is 353 g/mol. The minimum Gasteiger partial charge on any atom is -0.475 e. The third-order valence-electron chi connectivity index (χ3n) is 3.71. The van der Waals surface area contributed by atoms with E-state index in [9.17, 15) is 19.5 Å². The summed E-state index contributed by atoms with van der Waals surface area (Å²) in [7, 11) is 0. The molecule has 0 aliphatic carbocycles. The van der Waals surface area contributed by atoms with Gasteiger partial charge in [0.1, 0.15) is 5.58 Å². The minimum atomic E-state index is -1.21. The molecule has 2 aromatic carbocycles. The van der Waals surface area contributed by atoms with Crippen LogP contribution < -0.4 is 16.4 Å². The maximum absolute atomic E-state index is 12.4. The number of primary amides is 1. The number of aromatic carboxylic acids is 1. The van der Waals surface area contributed by atoms with Crippen LogP contribution in [0.25, 0.3) is 11.0 Å². The second kappa shape index (κ2) is 6.98. The zero-order valence-corrected chi connectivity index (χ0v) is 13.5. The highest BCUT2D eigenvalue weighted by atomic mass is 16.4. The van der Waals surface area contributed by atoms with Crippen LogP contribution in [0.15, 0.2) is 52.9 Å². The molecule has 0 saturated heterocycles. The lowest BCUT2D eigenvalue weighted by atomic mass is 10.1. The molecule has 0 spiro atoms. The summed E-state index contributed by atoms with van der Waals surface area (Å²) in [5.74, 6) is -1.85. The molecule has 1 aromatic heterocycles. The highest BCUT2D eigenvalue weighted by Gasteiger charge is 2.20. The Labute approximate surface area is 147 Å². The number of carbonyl (C=O) groups excluding carboxylic acids is 2. The molecule has 0 fully saturated rings. The molecule has 3 aromatic rings. The number of anilines is 1. The molecule has 132 valence electrons. The van der Waals surface area contributed by atoms with Crippen LogP contribution in [-0.2, 0) is 6.54 Å². The standard InChI is InChI=1S/C18H15N3O5/c19-18(25)21-11-5-3-4-10(8-11)16(22)20-9-13-12-6-1-2-7-14(12)26-15(13)17(23)24/h1-8H,9H2,(H,20,22)(H,23,24)(H3,19,21,25). The van der Waals surface area contributed by atoms with Crippen molar-refractivity contribution in [1.29, 1.82) is 0 Å². The molecule has 5 N–H and O–H groups in total. The number of hydrogen-bond donors (Lipinski definition) is 4. The molecule has 0 atom stereocenters. The smallest absolute Gasteiger partial charge is 0.372 e. The van der Waals surface area contributed by atoms with Crippen molar-refractivity contribution >= 4 is 34.6 Å². The fraction of sp³-hybridized carbons (Fsp3) is 0.0556. The molecule has 8 heteroatoms. The number of para-hydroxylation sites is 1. The average Bonchev–Trinajstić information content (AvgIpc) is 2.98. The normalized spacial score (nSPS) is 10.5. The van der Waals surface area contributed by atoms with Crippen molar-refractivity contribution in [3.8, 4) is 0 Å². The van der Waals surface area contributed by atoms with E-state index in [0.717, 1.165) is 0 Å². The Hall–Kier alpha value is -3.81. The number of rotatable bonds is 5. The summed E-state index contributed by atoms with van der Waals surface area (Å²) in [4.78, 5) is 34.7. The first kappa shape index (κ1) is 17.0. The molecule has 0 aliphatic rings. The minimum absolute atomic E-state index is 0.0229. The van der Waals surface area contributed by atoms with E-state index in [1.165, 1.54) is 6.07 Å². The van der Waals surface area contributed by atoms with Crippen molar-refractivity contribution in [3.05, 3.63) is 65.4 Å². The number of hydrogen-bond acceptors (Lipinski definition) is 4. The van der Waals surface area contributed by atoms with Crippen LogP contribution in [0.3, 0.4) is 0 Å². The Morgan fingerprint density at radius 1 is 1.08 bits per heavy atom. The lowest BCUT2D eigenvalue weighted by Gasteiger charge is -2.07. The van der Waals surface area contributed by atoms with Gasteiger partial charge in [-0.25, -0.2) is 9.59 Å². The molecule has 0 radical (unpaired) electrons. The van der Waals surface area contributed by atoms with Crippen LogP contribution >= 0.6 is 0 Å². The second-order valence-electron chi connectivity index (χ2n) is 5.46. The number of carboxylic acid groups (broad SMARTS) is 1. The Kier molecular flexibility index (Phi) is 4.57. The van der Waals surface area contributed by atoms with Gasteiger partial charge >= 0.3 is 12.0 Å². The molecule has 26 heavy (non-hydrogen) atoms. The van der Waals surface area contributed by atoms with Gasteiger partial charge in [0, 0.05) is 28.7 Å². The van der Waals surface area contributed by atoms with E-state index in [1.807, 2.05) is 0 Å². The third-order valence-corrected chi connectivity index (χ3v) is 3.71. The van der Waals surface area contributed by atoms with Gasteiger partial charge in [0.2, 0.25) is 5.76 Å². The second-order valence-corrected chi connectivity index (χ2v) is 5.46. The van der Waals surface area contributed by atoms with E-state index < -0.39 is 17.9 Å². The number of carbonyl (C=O) groups is 3. The number of furan rings is 1. The average molecular weight is 353 g/mol. The van der Waals surface area contributed by atoms with Gasteiger partial charge in [0.25, 0.3) is 5.91 Å². The first-order chi connectivity index (χ1) is 12.5. The molecule has 0 unspecified atom stereocenters. The summed E-state index contributed by atoms with van der Waals surface area (Å²) in [6.07, 6.45) is 0. The van der Waals surface area contributed by atoms with Gasteiger partial charge in [-0.3, -0.25) is 4.79 Å². The number of benzene rings is 2. The van der Waals surface area contributed by atoms with E-state index in [-0.39, 0.29) is 12.3 Å². The number of urea groups is 1. The van der Waals surface area contributed by atoms with Crippen LogP contribution in [0.1, 0.15) is 26.5 Å². The number of amides is 3. The van der Waals surface area contributed by atoms with Gasteiger partial charge < -0.3 is 25.9 Å². The third kappa shape index (κ3) is 3.48. The first-order valence-corrected chi connectivity index (χ1v) is 7.64. The van der Waals surface area contributed by atoms with E-state index in [0.29, 0.717) is 27.8 Å². The van der Waals surface area contributed by atoms with Gasteiger partial charge in [-0.1, -0.05) is 24.3 Å². The van der Waals surface area contributed by atoms with E-state index in [2.05, 4.69) is 10.6 Å². The SMILES string of the molecule is NC(=O)Nc1cccc(C(=O)NCc2c(C(=O)O)oc3ccccc23)c1. The Morgan fingerprint density at radius 2 is 1.85 bits per heavy atom. The predicted octanol–water partition coefficient (Wildman–Crippen LogP) is 2.55. The molecular formula is C18H15N3O5. The summed E-state index contributed by atoms with van der Waals surface area (Å²) < 4.78 is 5.35. The van der Waals surface area contributed by atoms with Crippen LogP contribution in [0.4, 0.5) is 10.5 Å². The van der Waals surface area contributed by atoms with E-state index in [4.69, 9.17) is 10.2 Å². The molecule has 0 bridgehead atoms. The van der Waals surface area contributed by atoms with Crippen LogP contribution in [0, 0.1) is 0 Å². The summed E-state index contributed by atoms with van der Waals surface area (Å²) in [6, 6.07) is 12.3. The highest BCUT2D eigenvalue weighted by molar-refractivity contribution is 5.98. The summed E-state index contributed by atoms with van der Waals surface area (Å²) in [5.41, 5.74) is 6.54. The number of fused-ring (bicyclic) bond motifs is 1. The number of nitrogens with one attached hydrogen (secondary N) is 2. The largest absolute Gasteiger partial charge is 0.475 e. The quantitative estimate of drug-likeness (QED) is 0.559. The van der Waals surface area contributed by atoms with Crippen molar-refractivity contribution in [1.82, 2.24) is 5.32 Å². The lowest BCUT2D eigenvalue weighted by Crippen LogP contribution is -2.24. The van der Waals surface area contributed by atoms with Crippen LogP contribution in [-0.4, -0.2) is 23.0 Å². The fourth-order valence-electron chi connectivity index (χ4n) is 2.60. The molecule has 3 rings (SSSR count). The highest BCUT2D eigenvalue weighted by Crippen LogP contribution is 2.26. The van der Waals surface area contributed by atoms with E-state index >= 15 is 0 Å². The van der Waals surface area contributed by atoms with Crippen molar-refractivity contribution in [3.63, 3.8) is 0 Å². The molecule has 1 heterocycles. The van der Waals surface area contributed by atoms with Crippen LogP contribution in [0.5, 0.6) is 0 Å². The molecule has 8 nitrogen and oxygen atoms in total. The molecular weight excluding hydrogens is 338 g/mol. The summed E-state index contributed by atoms with van der Waals surface area (Å²) >= 11 is 0. The van der Waals surface area contributed by atoms with Gasteiger partial charge in [0.15, 0.2) is 0 Å². The van der Waals surface area contributed by atoms with Crippen molar-refractivity contribution in [2.45, 2.75) is 6.54 Å². The number of nitrogens with two attached hydrogens (primary N) is 1. The zero-order valence-electron chi connectivity index (χ0n) is 13.5. The Bertz CT molecular complexity index is 1010. The van der Waals surface area contributed by atoms with Crippen LogP contribution in [0.2, 0.25) is 0 Å². The molecule has 3 amide bonds. The van der Waals surface area contributed by atoms with Crippen molar-refractivity contribution in [2.24, 2.45) is 5.73 Å². The molecule has 0 saturated carbocycles.